The fourth-order valence-electron chi connectivity index (χ4n) is 3.25. The normalized spacial score (nSPS) is 11.3. The molecule has 0 bridgehead atoms. The van der Waals surface area contributed by atoms with Gasteiger partial charge in [-0.3, -0.25) is 4.99 Å². The van der Waals surface area contributed by atoms with Gasteiger partial charge in [0.05, 0.1) is 25.2 Å². The van der Waals surface area contributed by atoms with Gasteiger partial charge in [0.2, 0.25) is 0 Å². The van der Waals surface area contributed by atoms with Crippen molar-refractivity contribution in [3.8, 4) is 17.2 Å². The van der Waals surface area contributed by atoms with Crippen LogP contribution in [0.1, 0.15) is 25.0 Å². The molecule has 0 aliphatic heterocycles. The molecule has 3 aromatic rings. The Kier molecular flexibility index (Phi) is 8.48. The summed E-state index contributed by atoms with van der Waals surface area (Å²) in [6, 6.07) is 11.1. The Labute approximate surface area is 188 Å². The molecule has 0 radical (unpaired) electrons. The molecule has 0 aliphatic rings. The van der Waals surface area contributed by atoms with Gasteiger partial charge in [0.1, 0.15) is 5.82 Å². The van der Waals surface area contributed by atoms with Gasteiger partial charge in [-0.1, -0.05) is 12.1 Å². The highest BCUT2D eigenvalue weighted by molar-refractivity contribution is 5.79. The molecule has 0 atom stereocenters. The van der Waals surface area contributed by atoms with Crippen molar-refractivity contribution >= 4 is 5.96 Å². The summed E-state index contributed by atoms with van der Waals surface area (Å²) < 4.78 is 27.4. The summed E-state index contributed by atoms with van der Waals surface area (Å²) in [6.07, 6.45) is 5.70. The van der Waals surface area contributed by atoms with Crippen molar-refractivity contribution in [3.63, 3.8) is 0 Å². The molecule has 0 spiro atoms. The predicted molar refractivity (Wildman–Crippen MR) is 124 cm³/mol. The molecule has 0 saturated carbocycles. The number of imidazole rings is 1. The number of hydrogen-bond donors (Lipinski definition) is 2. The second-order valence-corrected chi connectivity index (χ2v) is 7.01. The molecule has 32 heavy (non-hydrogen) atoms. The maximum absolute atomic E-state index is 14.4. The van der Waals surface area contributed by atoms with Crippen LogP contribution in [0, 0.1) is 5.82 Å². The van der Waals surface area contributed by atoms with E-state index < -0.39 is 0 Å². The minimum atomic E-state index is -0.300. The zero-order chi connectivity index (χ0) is 22.8. The number of rotatable bonds is 10. The minimum absolute atomic E-state index is 0.300. The number of nitrogens with zero attached hydrogens (tertiary/aromatic N) is 3. The summed E-state index contributed by atoms with van der Waals surface area (Å²) >= 11 is 0. The molecule has 170 valence electrons. The highest BCUT2D eigenvalue weighted by Crippen LogP contribution is 2.28. The maximum atomic E-state index is 14.4. The largest absolute Gasteiger partial charge is 0.490 e. The van der Waals surface area contributed by atoms with Crippen LogP contribution in [0.4, 0.5) is 4.39 Å². The van der Waals surface area contributed by atoms with E-state index in [4.69, 9.17) is 9.47 Å². The van der Waals surface area contributed by atoms with E-state index >= 15 is 0 Å². The lowest BCUT2D eigenvalue weighted by atomic mass is 10.1. The average Bonchev–Trinajstić information content (AvgIpc) is 3.32. The van der Waals surface area contributed by atoms with Crippen molar-refractivity contribution in [3.05, 3.63) is 72.1 Å². The minimum Gasteiger partial charge on any atom is -0.490 e. The second kappa shape index (κ2) is 11.7. The number of nitrogens with one attached hydrogen (secondary N) is 2. The molecule has 0 saturated heterocycles. The number of ether oxygens (including phenoxy) is 2. The average molecular weight is 440 g/mol. The molecule has 7 nitrogen and oxygen atoms in total. The Hall–Kier alpha value is -3.55. The van der Waals surface area contributed by atoms with Crippen LogP contribution in [0.2, 0.25) is 0 Å². The van der Waals surface area contributed by atoms with Crippen molar-refractivity contribution < 1.29 is 13.9 Å². The first-order chi connectivity index (χ1) is 15.6. The Morgan fingerprint density at radius 3 is 2.50 bits per heavy atom. The number of halogens is 1. The summed E-state index contributed by atoms with van der Waals surface area (Å²) in [6.45, 7) is 6.23. The van der Waals surface area contributed by atoms with E-state index in [2.05, 4.69) is 20.6 Å². The van der Waals surface area contributed by atoms with E-state index in [9.17, 15) is 4.39 Å². The first kappa shape index (κ1) is 23.1. The standard InChI is InChI=1S/C24H30FN5O2/c1-4-31-22-9-7-18(15-23(22)32-5-2)10-11-28-24(26-3)29-16-19-6-8-21(20(25)14-19)30-13-12-27-17-30/h6-9,12-15,17H,4-5,10-11,16H2,1-3H3,(H2,26,28,29). The first-order valence-electron chi connectivity index (χ1n) is 10.7. The lowest BCUT2D eigenvalue weighted by Crippen LogP contribution is -2.37. The van der Waals surface area contributed by atoms with Gasteiger partial charge < -0.3 is 24.7 Å². The van der Waals surface area contributed by atoms with Gasteiger partial charge in [-0.05, 0) is 55.7 Å². The van der Waals surface area contributed by atoms with Crippen molar-refractivity contribution in [2.75, 3.05) is 26.8 Å². The number of benzene rings is 2. The van der Waals surface area contributed by atoms with Crippen LogP contribution >= 0.6 is 0 Å². The summed E-state index contributed by atoms with van der Waals surface area (Å²) in [5, 5.41) is 6.51. The lowest BCUT2D eigenvalue weighted by Gasteiger charge is -2.14. The number of aliphatic imine (C=N–C) groups is 1. The maximum Gasteiger partial charge on any atom is 0.191 e. The summed E-state index contributed by atoms with van der Waals surface area (Å²) in [5.41, 5.74) is 2.43. The van der Waals surface area contributed by atoms with E-state index in [-0.39, 0.29) is 5.82 Å². The molecule has 2 aromatic carbocycles. The van der Waals surface area contributed by atoms with Crippen LogP contribution in [0.5, 0.6) is 11.5 Å². The monoisotopic (exact) mass is 439 g/mol. The lowest BCUT2D eigenvalue weighted by molar-refractivity contribution is 0.287. The third-order valence-corrected chi connectivity index (χ3v) is 4.79. The van der Waals surface area contributed by atoms with E-state index in [1.807, 2.05) is 38.1 Å². The van der Waals surface area contributed by atoms with Crippen LogP contribution in [0.25, 0.3) is 5.69 Å². The molecule has 8 heteroatoms. The molecule has 0 aliphatic carbocycles. The van der Waals surface area contributed by atoms with Gasteiger partial charge in [0, 0.05) is 32.5 Å². The molecule has 0 amide bonds. The molecular weight excluding hydrogens is 409 g/mol. The van der Waals surface area contributed by atoms with Crippen LogP contribution < -0.4 is 20.1 Å². The van der Waals surface area contributed by atoms with Crippen LogP contribution in [-0.2, 0) is 13.0 Å². The van der Waals surface area contributed by atoms with Crippen LogP contribution in [-0.4, -0.2) is 42.3 Å². The van der Waals surface area contributed by atoms with Crippen LogP contribution in [0.15, 0.2) is 60.1 Å². The van der Waals surface area contributed by atoms with E-state index in [1.165, 1.54) is 6.07 Å². The van der Waals surface area contributed by atoms with Crippen molar-refractivity contribution in [1.29, 1.82) is 0 Å². The van der Waals surface area contributed by atoms with Crippen molar-refractivity contribution in [2.45, 2.75) is 26.8 Å². The summed E-state index contributed by atoms with van der Waals surface area (Å²) in [4.78, 5) is 8.20. The fourth-order valence-corrected chi connectivity index (χ4v) is 3.25. The third-order valence-electron chi connectivity index (χ3n) is 4.79. The quantitative estimate of drug-likeness (QED) is 0.372. The molecule has 1 heterocycles. The summed E-state index contributed by atoms with van der Waals surface area (Å²) in [5.74, 6) is 1.87. The van der Waals surface area contributed by atoms with Gasteiger partial charge in [-0.25, -0.2) is 9.37 Å². The number of hydrogen-bond acceptors (Lipinski definition) is 4. The second-order valence-electron chi connectivity index (χ2n) is 7.01. The highest BCUT2D eigenvalue weighted by atomic mass is 19.1. The zero-order valence-corrected chi connectivity index (χ0v) is 18.8. The molecule has 2 N–H and O–H groups in total. The van der Waals surface area contributed by atoms with Crippen molar-refractivity contribution in [2.24, 2.45) is 4.99 Å². The van der Waals surface area contributed by atoms with Gasteiger partial charge in [0.15, 0.2) is 17.5 Å². The van der Waals surface area contributed by atoms with E-state index in [0.29, 0.717) is 38.0 Å². The molecule has 1 aromatic heterocycles. The Morgan fingerprint density at radius 1 is 1.03 bits per heavy atom. The zero-order valence-electron chi connectivity index (χ0n) is 18.8. The third kappa shape index (κ3) is 6.23. The van der Waals surface area contributed by atoms with Gasteiger partial charge in [-0.15, -0.1) is 0 Å². The number of aromatic nitrogens is 2. The SMILES string of the molecule is CCOc1ccc(CCNC(=NC)NCc2ccc(-n3ccnc3)c(F)c2)cc1OCC. The summed E-state index contributed by atoms with van der Waals surface area (Å²) in [7, 11) is 1.71. The number of guanidine groups is 1. The molecular formula is C24H30FN5O2. The molecule has 0 fully saturated rings. The molecule has 0 unspecified atom stereocenters. The Bertz CT molecular complexity index is 1020. The van der Waals surface area contributed by atoms with Crippen LogP contribution in [0.3, 0.4) is 0 Å². The van der Waals surface area contributed by atoms with Gasteiger partial charge in [-0.2, -0.15) is 0 Å². The smallest absolute Gasteiger partial charge is 0.191 e. The van der Waals surface area contributed by atoms with Crippen molar-refractivity contribution in [1.82, 2.24) is 20.2 Å². The van der Waals surface area contributed by atoms with Gasteiger partial charge in [0.25, 0.3) is 0 Å². The predicted octanol–water partition coefficient (Wildman–Crippen LogP) is 3.72. The van der Waals surface area contributed by atoms with E-state index in [1.54, 1.807) is 36.4 Å². The first-order valence-corrected chi connectivity index (χ1v) is 10.7. The molecule has 3 rings (SSSR count). The highest BCUT2D eigenvalue weighted by Gasteiger charge is 2.08. The Balaban J connectivity index is 1.51. The fraction of sp³-hybridized carbons (Fsp3) is 0.333. The Morgan fingerprint density at radius 2 is 1.81 bits per heavy atom. The van der Waals surface area contributed by atoms with E-state index in [0.717, 1.165) is 29.0 Å². The van der Waals surface area contributed by atoms with Gasteiger partial charge >= 0.3 is 0 Å². The topological polar surface area (TPSA) is 72.7 Å².